The molecule has 1 aromatic carbocycles. The lowest BCUT2D eigenvalue weighted by atomic mass is 10.2. The van der Waals surface area contributed by atoms with Crippen LogP contribution in [0.4, 0.5) is 10.1 Å². The number of halogens is 1. The zero-order chi connectivity index (χ0) is 14.7. The van der Waals surface area contributed by atoms with Gasteiger partial charge in [-0.2, -0.15) is 0 Å². The molecule has 0 saturated carbocycles. The van der Waals surface area contributed by atoms with Crippen molar-refractivity contribution < 1.29 is 9.31 Å². The molecule has 0 aliphatic carbocycles. The van der Waals surface area contributed by atoms with Crippen LogP contribution in [0.25, 0.3) is 0 Å². The highest BCUT2D eigenvalue weighted by molar-refractivity contribution is 5.35. The van der Waals surface area contributed by atoms with E-state index >= 15 is 0 Å². The topological polar surface area (TPSA) is 87.0 Å². The van der Waals surface area contributed by atoms with Crippen LogP contribution in [0.1, 0.15) is 18.2 Å². The Labute approximate surface area is 115 Å². The van der Waals surface area contributed by atoms with Gasteiger partial charge < -0.3 is 10.3 Å². The molecule has 0 aliphatic heterocycles. The fourth-order valence-electron chi connectivity index (χ4n) is 1.97. The summed E-state index contributed by atoms with van der Waals surface area (Å²) in [6.07, 6.45) is 4.06. The Kier molecular flexibility index (Phi) is 4.09. The summed E-state index contributed by atoms with van der Waals surface area (Å²) in [5, 5.41) is 10.7. The first-order valence-corrected chi connectivity index (χ1v) is 6.14. The lowest BCUT2D eigenvalue weighted by molar-refractivity contribution is -0.385. The van der Waals surface area contributed by atoms with E-state index < -0.39 is 10.7 Å². The molecule has 0 saturated heterocycles. The second-order valence-electron chi connectivity index (χ2n) is 4.79. The summed E-state index contributed by atoms with van der Waals surface area (Å²) >= 11 is 0. The minimum atomic E-state index is -0.620. The molecule has 0 fully saturated rings. The normalized spacial score (nSPS) is 12.3. The predicted molar refractivity (Wildman–Crippen MR) is 71.7 cm³/mol. The van der Waals surface area contributed by atoms with E-state index in [9.17, 15) is 14.5 Å². The van der Waals surface area contributed by atoms with Crippen LogP contribution in [-0.2, 0) is 13.0 Å². The largest absolute Gasteiger partial charge is 0.333 e. The standard InChI is InChI=1S/C13H15FN4O2/c1-9(15)2-12-7-17(8-16-12)6-10-3-11(14)5-13(4-10)18(19)20/h3-5,7-9H,2,6,15H2,1H3. The monoisotopic (exact) mass is 278 g/mol. The summed E-state index contributed by atoms with van der Waals surface area (Å²) in [7, 11) is 0. The van der Waals surface area contributed by atoms with E-state index in [1.54, 1.807) is 17.1 Å². The average molecular weight is 278 g/mol. The maximum atomic E-state index is 13.3. The molecular weight excluding hydrogens is 263 g/mol. The van der Waals surface area contributed by atoms with Gasteiger partial charge in [-0.1, -0.05) is 0 Å². The molecule has 0 bridgehead atoms. The van der Waals surface area contributed by atoms with Crippen LogP contribution in [0.3, 0.4) is 0 Å². The summed E-state index contributed by atoms with van der Waals surface area (Å²) in [5.41, 5.74) is 6.79. The predicted octanol–water partition coefficient (Wildman–Crippen LogP) is 1.87. The fourth-order valence-corrected chi connectivity index (χ4v) is 1.97. The molecule has 0 radical (unpaired) electrons. The van der Waals surface area contributed by atoms with Gasteiger partial charge in [0.05, 0.1) is 23.0 Å². The van der Waals surface area contributed by atoms with Crippen LogP contribution in [-0.4, -0.2) is 20.5 Å². The van der Waals surface area contributed by atoms with Crippen LogP contribution in [0.5, 0.6) is 0 Å². The number of non-ortho nitro benzene ring substituents is 1. The van der Waals surface area contributed by atoms with Gasteiger partial charge in [0, 0.05) is 31.3 Å². The van der Waals surface area contributed by atoms with Crippen molar-refractivity contribution in [2.75, 3.05) is 0 Å². The van der Waals surface area contributed by atoms with Gasteiger partial charge in [-0.25, -0.2) is 9.37 Å². The van der Waals surface area contributed by atoms with Gasteiger partial charge in [-0.05, 0) is 18.6 Å². The Hall–Kier alpha value is -2.28. The summed E-state index contributed by atoms with van der Waals surface area (Å²) in [6, 6.07) is 3.54. The summed E-state index contributed by atoms with van der Waals surface area (Å²) in [6.45, 7) is 2.21. The van der Waals surface area contributed by atoms with E-state index in [1.165, 1.54) is 12.1 Å². The summed E-state index contributed by atoms with van der Waals surface area (Å²) in [4.78, 5) is 14.3. The summed E-state index contributed by atoms with van der Waals surface area (Å²) < 4.78 is 15.1. The van der Waals surface area contributed by atoms with Crippen molar-refractivity contribution in [3.63, 3.8) is 0 Å². The van der Waals surface area contributed by atoms with Gasteiger partial charge in [0.1, 0.15) is 5.82 Å². The van der Waals surface area contributed by atoms with E-state index in [0.717, 1.165) is 11.8 Å². The zero-order valence-electron chi connectivity index (χ0n) is 11.0. The molecule has 1 unspecified atom stereocenters. The second-order valence-corrected chi connectivity index (χ2v) is 4.79. The first-order valence-electron chi connectivity index (χ1n) is 6.14. The number of imidazole rings is 1. The molecule has 106 valence electrons. The highest BCUT2D eigenvalue weighted by atomic mass is 19.1. The molecule has 1 heterocycles. The molecule has 2 aromatic rings. The van der Waals surface area contributed by atoms with Crippen molar-refractivity contribution in [2.24, 2.45) is 5.73 Å². The Morgan fingerprint density at radius 3 is 2.90 bits per heavy atom. The highest BCUT2D eigenvalue weighted by Crippen LogP contribution is 2.17. The van der Waals surface area contributed by atoms with E-state index in [0.29, 0.717) is 18.5 Å². The maximum absolute atomic E-state index is 13.3. The number of nitro groups is 1. The average Bonchev–Trinajstić information content (AvgIpc) is 2.74. The molecule has 7 heteroatoms. The van der Waals surface area contributed by atoms with Gasteiger partial charge in [-0.15, -0.1) is 0 Å². The SMILES string of the molecule is CC(N)Cc1cn(Cc2cc(F)cc([N+](=O)[O-])c2)cn1. The van der Waals surface area contributed by atoms with Crippen LogP contribution in [0.2, 0.25) is 0 Å². The molecule has 20 heavy (non-hydrogen) atoms. The van der Waals surface area contributed by atoms with E-state index in [4.69, 9.17) is 5.73 Å². The Morgan fingerprint density at radius 1 is 1.50 bits per heavy atom. The first-order chi connectivity index (χ1) is 9.44. The third-order valence-electron chi connectivity index (χ3n) is 2.74. The van der Waals surface area contributed by atoms with Crippen molar-refractivity contribution in [2.45, 2.75) is 25.9 Å². The van der Waals surface area contributed by atoms with Crippen molar-refractivity contribution in [3.8, 4) is 0 Å². The van der Waals surface area contributed by atoms with E-state index in [1.807, 2.05) is 6.92 Å². The van der Waals surface area contributed by atoms with Crippen LogP contribution in [0.15, 0.2) is 30.7 Å². The van der Waals surface area contributed by atoms with E-state index in [2.05, 4.69) is 4.98 Å². The van der Waals surface area contributed by atoms with Gasteiger partial charge >= 0.3 is 0 Å². The molecule has 2 N–H and O–H groups in total. The number of rotatable bonds is 5. The Morgan fingerprint density at radius 2 is 2.25 bits per heavy atom. The third kappa shape index (κ3) is 3.61. The molecule has 1 atom stereocenters. The van der Waals surface area contributed by atoms with Crippen molar-refractivity contribution in [3.05, 3.63) is 57.9 Å². The second kappa shape index (κ2) is 5.79. The summed E-state index contributed by atoms with van der Waals surface area (Å²) in [5.74, 6) is -0.620. The number of nitrogens with zero attached hydrogens (tertiary/aromatic N) is 3. The quantitative estimate of drug-likeness (QED) is 0.668. The van der Waals surface area contributed by atoms with Crippen LogP contribution < -0.4 is 5.73 Å². The van der Waals surface area contributed by atoms with Crippen molar-refractivity contribution >= 4 is 5.69 Å². The lowest BCUT2D eigenvalue weighted by Crippen LogP contribution is -2.17. The van der Waals surface area contributed by atoms with Gasteiger partial charge in [0.25, 0.3) is 5.69 Å². The smallest absolute Gasteiger partial charge is 0.272 e. The molecule has 0 amide bonds. The molecular formula is C13H15FN4O2. The number of nitrogens with two attached hydrogens (primary N) is 1. The molecule has 0 spiro atoms. The number of hydrogen-bond donors (Lipinski definition) is 1. The molecule has 6 nitrogen and oxygen atoms in total. The van der Waals surface area contributed by atoms with Crippen molar-refractivity contribution in [1.82, 2.24) is 9.55 Å². The van der Waals surface area contributed by atoms with Crippen molar-refractivity contribution in [1.29, 1.82) is 0 Å². The van der Waals surface area contributed by atoms with Gasteiger partial charge in [0.2, 0.25) is 0 Å². The third-order valence-corrected chi connectivity index (χ3v) is 2.74. The van der Waals surface area contributed by atoms with Gasteiger partial charge in [-0.3, -0.25) is 10.1 Å². The van der Waals surface area contributed by atoms with Crippen LogP contribution >= 0.6 is 0 Å². The Balaban J connectivity index is 2.17. The van der Waals surface area contributed by atoms with Crippen LogP contribution in [0, 0.1) is 15.9 Å². The minimum Gasteiger partial charge on any atom is -0.333 e. The Bertz CT molecular complexity index is 625. The first kappa shape index (κ1) is 14.1. The molecule has 0 aliphatic rings. The fraction of sp³-hybridized carbons (Fsp3) is 0.308. The lowest BCUT2D eigenvalue weighted by Gasteiger charge is -2.03. The number of hydrogen-bond acceptors (Lipinski definition) is 4. The number of nitro benzene ring substituents is 1. The maximum Gasteiger partial charge on any atom is 0.272 e. The zero-order valence-corrected chi connectivity index (χ0v) is 11.0. The number of benzene rings is 1. The van der Waals surface area contributed by atoms with E-state index in [-0.39, 0.29) is 11.7 Å². The highest BCUT2D eigenvalue weighted by Gasteiger charge is 2.10. The van der Waals surface area contributed by atoms with Gasteiger partial charge in [0.15, 0.2) is 0 Å². The minimum absolute atomic E-state index is 0.00797. The molecule has 1 aromatic heterocycles. The number of aromatic nitrogens is 2. The molecule has 2 rings (SSSR count).